The van der Waals surface area contributed by atoms with E-state index in [2.05, 4.69) is 14.8 Å². The van der Waals surface area contributed by atoms with E-state index in [1.54, 1.807) is 23.5 Å². The zero-order valence-corrected chi connectivity index (χ0v) is 12.7. The molecule has 0 radical (unpaired) electrons. The Kier molecular flexibility index (Phi) is 4.48. The number of aromatic nitrogens is 1. The summed E-state index contributed by atoms with van der Waals surface area (Å²) in [6.07, 6.45) is 1.86. The van der Waals surface area contributed by atoms with Gasteiger partial charge in [-0.05, 0) is 17.7 Å². The standard InChI is InChI=1S/C15H19FN4S/c16-13-3-1-2-12(8-13)10-19-4-6-20(7-5-19)11-14-9-18-15(17)21-14/h1-3,8-9H,4-7,10-11H2,(H2,17,18). The van der Waals surface area contributed by atoms with Crippen molar-refractivity contribution >= 4 is 16.5 Å². The number of rotatable bonds is 4. The lowest BCUT2D eigenvalue weighted by atomic mass is 10.2. The van der Waals surface area contributed by atoms with Crippen LogP contribution in [0.3, 0.4) is 0 Å². The molecule has 0 bridgehead atoms. The molecule has 1 aromatic heterocycles. The number of anilines is 1. The van der Waals surface area contributed by atoms with Gasteiger partial charge < -0.3 is 5.73 Å². The molecular weight excluding hydrogens is 287 g/mol. The van der Waals surface area contributed by atoms with Crippen LogP contribution in [-0.4, -0.2) is 41.0 Å². The molecule has 4 nitrogen and oxygen atoms in total. The summed E-state index contributed by atoms with van der Waals surface area (Å²) in [5.41, 5.74) is 6.69. The van der Waals surface area contributed by atoms with E-state index in [1.165, 1.54) is 10.9 Å². The van der Waals surface area contributed by atoms with Crippen molar-refractivity contribution in [2.45, 2.75) is 13.1 Å². The summed E-state index contributed by atoms with van der Waals surface area (Å²) in [6, 6.07) is 6.86. The largest absolute Gasteiger partial charge is 0.375 e. The van der Waals surface area contributed by atoms with E-state index >= 15 is 0 Å². The van der Waals surface area contributed by atoms with Crippen molar-refractivity contribution in [3.8, 4) is 0 Å². The molecule has 6 heteroatoms. The van der Waals surface area contributed by atoms with Crippen LogP contribution in [-0.2, 0) is 13.1 Å². The third-order valence-electron chi connectivity index (χ3n) is 3.71. The summed E-state index contributed by atoms with van der Waals surface area (Å²) in [7, 11) is 0. The van der Waals surface area contributed by atoms with Crippen LogP contribution >= 0.6 is 11.3 Å². The first-order valence-electron chi connectivity index (χ1n) is 7.08. The molecule has 0 spiro atoms. The Morgan fingerprint density at radius 1 is 1.14 bits per heavy atom. The number of piperazine rings is 1. The van der Waals surface area contributed by atoms with Crippen LogP contribution in [0.1, 0.15) is 10.4 Å². The molecule has 2 aromatic rings. The maximum absolute atomic E-state index is 13.2. The zero-order valence-electron chi connectivity index (χ0n) is 11.8. The second-order valence-electron chi connectivity index (χ2n) is 5.35. The summed E-state index contributed by atoms with van der Waals surface area (Å²) in [4.78, 5) is 10.1. The van der Waals surface area contributed by atoms with Gasteiger partial charge >= 0.3 is 0 Å². The lowest BCUT2D eigenvalue weighted by molar-refractivity contribution is 0.122. The van der Waals surface area contributed by atoms with Crippen LogP contribution < -0.4 is 5.73 Å². The number of hydrogen-bond donors (Lipinski definition) is 1. The second kappa shape index (κ2) is 6.51. The van der Waals surface area contributed by atoms with Gasteiger partial charge in [-0.1, -0.05) is 12.1 Å². The molecule has 1 fully saturated rings. The summed E-state index contributed by atoms with van der Waals surface area (Å²) in [5, 5.41) is 0.634. The fourth-order valence-electron chi connectivity index (χ4n) is 2.62. The molecule has 1 aliphatic rings. The monoisotopic (exact) mass is 306 g/mol. The number of nitrogens with zero attached hydrogens (tertiary/aromatic N) is 3. The van der Waals surface area contributed by atoms with Gasteiger partial charge in [0.25, 0.3) is 0 Å². The number of hydrogen-bond acceptors (Lipinski definition) is 5. The van der Waals surface area contributed by atoms with E-state index < -0.39 is 0 Å². The van der Waals surface area contributed by atoms with Crippen LogP contribution in [0.2, 0.25) is 0 Å². The summed E-state index contributed by atoms with van der Waals surface area (Å²) in [5.74, 6) is -0.158. The molecule has 1 aromatic carbocycles. The number of benzene rings is 1. The molecule has 0 unspecified atom stereocenters. The highest BCUT2D eigenvalue weighted by molar-refractivity contribution is 7.15. The lowest BCUT2D eigenvalue weighted by Crippen LogP contribution is -2.45. The Bertz CT molecular complexity index is 593. The van der Waals surface area contributed by atoms with Gasteiger partial charge in [-0.25, -0.2) is 9.37 Å². The fraction of sp³-hybridized carbons (Fsp3) is 0.400. The molecule has 0 aliphatic carbocycles. The van der Waals surface area contributed by atoms with Gasteiger partial charge in [-0.3, -0.25) is 9.80 Å². The molecule has 3 rings (SSSR count). The van der Waals surface area contributed by atoms with E-state index in [4.69, 9.17) is 5.73 Å². The zero-order chi connectivity index (χ0) is 14.7. The number of nitrogens with two attached hydrogens (primary N) is 1. The topological polar surface area (TPSA) is 45.4 Å². The van der Waals surface area contributed by atoms with Gasteiger partial charge in [0.15, 0.2) is 5.13 Å². The van der Waals surface area contributed by atoms with E-state index in [1.807, 2.05) is 12.3 Å². The van der Waals surface area contributed by atoms with Crippen LogP contribution in [0.5, 0.6) is 0 Å². The predicted molar refractivity (Wildman–Crippen MR) is 83.5 cm³/mol. The van der Waals surface area contributed by atoms with E-state index in [9.17, 15) is 4.39 Å². The van der Waals surface area contributed by atoms with Crippen LogP contribution in [0.15, 0.2) is 30.5 Å². The van der Waals surface area contributed by atoms with Gasteiger partial charge in [-0.2, -0.15) is 0 Å². The number of thiazole rings is 1. The molecule has 0 atom stereocenters. The smallest absolute Gasteiger partial charge is 0.180 e. The maximum atomic E-state index is 13.2. The average molecular weight is 306 g/mol. The third-order valence-corrected chi connectivity index (χ3v) is 4.52. The Morgan fingerprint density at radius 3 is 2.48 bits per heavy atom. The van der Waals surface area contributed by atoms with E-state index in [0.717, 1.165) is 44.8 Å². The van der Waals surface area contributed by atoms with Crippen molar-refractivity contribution in [3.05, 3.63) is 46.7 Å². The van der Waals surface area contributed by atoms with Crippen molar-refractivity contribution in [2.24, 2.45) is 0 Å². The maximum Gasteiger partial charge on any atom is 0.180 e. The SMILES string of the molecule is Nc1ncc(CN2CCN(Cc3cccc(F)c3)CC2)s1. The van der Waals surface area contributed by atoms with Crippen molar-refractivity contribution in [2.75, 3.05) is 31.9 Å². The summed E-state index contributed by atoms with van der Waals surface area (Å²) >= 11 is 1.56. The van der Waals surface area contributed by atoms with Gasteiger partial charge in [0.2, 0.25) is 0 Å². The van der Waals surface area contributed by atoms with Crippen molar-refractivity contribution in [1.82, 2.24) is 14.8 Å². The Morgan fingerprint density at radius 2 is 1.86 bits per heavy atom. The molecule has 2 heterocycles. The minimum atomic E-state index is -0.158. The minimum absolute atomic E-state index is 0.158. The highest BCUT2D eigenvalue weighted by Crippen LogP contribution is 2.18. The predicted octanol–water partition coefficient (Wildman–Crippen LogP) is 2.18. The van der Waals surface area contributed by atoms with E-state index in [0.29, 0.717) is 5.13 Å². The van der Waals surface area contributed by atoms with Gasteiger partial charge in [0.05, 0.1) is 0 Å². The lowest BCUT2D eigenvalue weighted by Gasteiger charge is -2.34. The van der Waals surface area contributed by atoms with Gasteiger partial charge in [0.1, 0.15) is 5.82 Å². The normalized spacial score (nSPS) is 17.2. The first kappa shape index (κ1) is 14.4. The fourth-order valence-corrected chi connectivity index (χ4v) is 3.34. The number of nitrogen functional groups attached to an aromatic ring is 1. The molecule has 1 aliphatic heterocycles. The molecule has 2 N–H and O–H groups in total. The first-order valence-corrected chi connectivity index (χ1v) is 7.90. The van der Waals surface area contributed by atoms with E-state index in [-0.39, 0.29) is 5.82 Å². The Labute approximate surface area is 128 Å². The molecule has 0 saturated carbocycles. The van der Waals surface area contributed by atoms with Crippen LogP contribution in [0.25, 0.3) is 0 Å². The minimum Gasteiger partial charge on any atom is -0.375 e. The van der Waals surface area contributed by atoms with Crippen LogP contribution in [0.4, 0.5) is 9.52 Å². The van der Waals surface area contributed by atoms with Crippen molar-refractivity contribution in [1.29, 1.82) is 0 Å². The quantitative estimate of drug-likeness (QED) is 0.940. The molecular formula is C15H19FN4S. The molecule has 112 valence electrons. The molecule has 1 saturated heterocycles. The van der Waals surface area contributed by atoms with Crippen LogP contribution in [0, 0.1) is 5.82 Å². The number of halogens is 1. The molecule has 21 heavy (non-hydrogen) atoms. The summed E-state index contributed by atoms with van der Waals surface area (Å²) in [6.45, 7) is 5.79. The van der Waals surface area contributed by atoms with Crippen molar-refractivity contribution < 1.29 is 4.39 Å². The second-order valence-corrected chi connectivity index (χ2v) is 6.49. The Hall–Kier alpha value is -1.50. The van der Waals surface area contributed by atoms with Gasteiger partial charge in [0, 0.05) is 50.3 Å². The highest BCUT2D eigenvalue weighted by atomic mass is 32.1. The average Bonchev–Trinajstić information content (AvgIpc) is 2.86. The van der Waals surface area contributed by atoms with Crippen molar-refractivity contribution in [3.63, 3.8) is 0 Å². The highest BCUT2D eigenvalue weighted by Gasteiger charge is 2.17. The third kappa shape index (κ3) is 4.00. The van der Waals surface area contributed by atoms with Gasteiger partial charge in [-0.15, -0.1) is 11.3 Å². The Balaban J connectivity index is 1.48. The molecule has 0 amide bonds. The first-order chi connectivity index (χ1) is 10.2. The summed E-state index contributed by atoms with van der Waals surface area (Å²) < 4.78 is 13.2.